The third-order valence-corrected chi connectivity index (χ3v) is 3.32. The number of benzene rings is 1. The van der Waals surface area contributed by atoms with E-state index in [1.165, 1.54) is 0 Å². The van der Waals surface area contributed by atoms with Crippen LogP contribution < -0.4 is 4.74 Å². The predicted octanol–water partition coefficient (Wildman–Crippen LogP) is 3.33. The third kappa shape index (κ3) is 4.58. The molecule has 6 heteroatoms. The van der Waals surface area contributed by atoms with Gasteiger partial charge in [-0.2, -0.15) is 5.26 Å². The van der Waals surface area contributed by atoms with Crippen LogP contribution >= 0.6 is 0 Å². The summed E-state index contributed by atoms with van der Waals surface area (Å²) in [6.45, 7) is 4.31. The molecule has 6 nitrogen and oxygen atoms in total. The van der Waals surface area contributed by atoms with E-state index in [1.54, 1.807) is 24.3 Å². The molecule has 0 aliphatic rings. The Labute approximate surface area is 134 Å². The van der Waals surface area contributed by atoms with Crippen LogP contribution in [-0.2, 0) is 11.3 Å². The fourth-order valence-electron chi connectivity index (χ4n) is 1.95. The Bertz CT molecular complexity index is 679. The lowest BCUT2D eigenvalue weighted by Gasteiger charge is -2.07. The summed E-state index contributed by atoms with van der Waals surface area (Å²) in [7, 11) is 0. The molecule has 1 aromatic carbocycles. The van der Waals surface area contributed by atoms with E-state index < -0.39 is 5.97 Å². The van der Waals surface area contributed by atoms with Crippen LogP contribution in [0.25, 0.3) is 0 Å². The fourth-order valence-corrected chi connectivity index (χ4v) is 1.95. The molecule has 0 saturated carbocycles. The summed E-state index contributed by atoms with van der Waals surface area (Å²) in [6, 6.07) is 8.72. The minimum Gasteiger partial charge on any atom is -0.489 e. The highest BCUT2D eigenvalue weighted by atomic mass is 16.5. The zero-order valence-electron chi connectivity index (χ0n) is 13.2. The van der Waals surface area contributed by atoms with E-state index >= 15 is 0 Å². The van der Waals surface area contributed by atoms with Gasteiger partial charge >= 0.3 is 5.97 Å². The normalized spacial score (nSPS) is 10.1. The monoisotopic (exact) mass is 314 g/mol. The van der Waals surface area contributed by atoms with Crippen molar-refractivity contribution >= 4 is 5.97 Å². The van der Waals surface area contributed by atoms with Gasteiger partial charge in [0.05, 0.1) is 29.5 Å². The molecule has 0 saturated heterocycles. The Morgan fingerprint density at radius 3 is 2.65 bits per heavy atom. The van der Waals surface area contributed by atoms with Crippen LogP contribution in [0, 0.1) is 25.2 Å². The maximum Gasteiger partial charge on any atom is 0.338 e. The molecule has 0 atom stereocenters. The zero-order chi connectivity index (χ0) is 16.7. The summed E-state index contributed by atoms with van der Waals surface area (Å²) in [5.41, 5.74) is 2.18. The number of aryl methyl sites for hydroxylation is 2. The zero-order valence-corrected chi connectivity index (χ0v) is 13.2. The number of esters is 1. The van der Waals surface area contributed by atoms with E-state index in [9.17, 15) is 4.79 Å². The van der Waals surface area contributed by atoms with Gasteiger partial charge in [0.25, 0.3) is 0 Å². The first kappa shape index (κ1) is 16.6. The number of hydrogen-bond donors (Lipinski definition) is 0. The van der Waals surface area contributed by atoms with E-state index in [0.717, 1.165) is 17.0 Å². The lowest BCUT2D eigenvalue weighted by molar-refractivity contribution is 0.0501. The number of hydrogen-bond acceptors (Lipinski definition) is 6. The highest BCUT2D eigenvalue weighted by Gasteiger charge is 2.10. The van der Waals surface area contributed by atoms with Gasteiger partial charge in [-0.3, -0.25) is 0 Å². The highest BCUT2D eigenvalue weighted by Crippen LogP contribution is 2.18. The predicted molar refractivity (Wildman–Crippen MR) is 81.9 cm³/mol. The van der Waals surface area contributed by atoms with E-state index in [4.69, 9.17) is 19.3 Å². The molecule has 1 aromatic heterocycles. The molecule has 0 aliphatic carbocycles. The van der Waals surface area contributed by atoms with Crippen molar-refractivity contribution in [1.29, 1.82) is 5.26 Å². The second-order valence-electron chi connectivity index (χ2n) is 5.01. The molecule has 120 valence electrons. The molecule has 0 spiro atoms. The Morgan fingerprint density at radius 1 is 1.30 bits per heavy atom. The van der Waals surface area contributed by atoms with Crippen molar-refractivity contribution < 1.29 is 18.8 Å². The maximum atomic E-state index is 11.8. The van der Waals surface area contributed by atoms with E-state index in [1.807, 2.05) is 19.9 Å². The van der Waals surface area contributed by atoms with Gasteiger partial charge in [-0.05, 0) is 44.5 Å². The smallest absolute Gasteiger partial charge is 0.338 e. The van der Waals surface area contributed by atoms with Gasteiger partial charge < -0.3 is 14.0 Å². The molecule has 0 amide bonds. The Morgan fingerprint density at radius 2 is 2.04 bits per heavy atom. The second-order valence-corrected chi connectivity index (χ2v) is 5.01. The Balaban J connectivity index is 1.87. The van der Waals surface area contributed by atoms with Gasteiger partial charge in [0.2, 0.25) is 0 Å². The summed E-state index contributed by atoms with van der Waals surface area (Å²) < 4.78 is 15.8. The summed E-state index contributed by atoms with van der Waals surface area (Å²) in [5, 5.41) is 12.3. The number of nitrogens with zero attached hydrogens (tertiary/aromatic N) is 2. The van der Waals surface area contributed by atoms with Crippen molar-refractivity contribution in [3.63, 3.8) is 0 Å². The van der Waals surface area contributed by atoms with Crippen LogP contribution in [0.4, 0.5) is 0 Å². The van der Waals surface area contributed by atoms with Gasteiger partial charge in [-0.15, -0.1) is 0 Å². The molecule has 0 N–H and O–H groups in total. The van der Waals surface area contributed by atoms with Gasteiger partial charge in [-0.1, -0.05) is 5.16 Å². The second kappa shape index (κ2) is 7.99. The number of carbonyl (C=O) groups excluding carboxylic acids is 1. The van der Waals surface area contributed by atoms with Gasteiger partial charge in [0.1, 0.15) is 18.1 Å². The van der Waals surface area contributed by atoms with Crippen LogP contribution in [0.5, 0.6) is 5.75 Å². The summed E-state index contributed by atoms with van der Waals surface area (Å²) >= 11 is 0. The molecular formula is C17H18N2O4. The van der Waals surface area contributed by atoms with E-state index in [-0.39, 0.29) is 6.61 Å². The molecule has 0 fully saturated rings. The first-order chi connectivity index (χ1) is 11.1. The van der Waals surface area contributed by atoms with Crippen molar-refractivity contribution in [3.05, 3.63) is 46.8 Å². The molecule has 2 aromatic rings. The molecular weight excluding hydrogens is 296 g/mol. The first-order valence-electron chi connectivity index (χ1n) is 7.30. The van der Waals surface area contributed by atoms with E-state index in [0.29, 0.717) is 30.8 Å². The lowest BCUT2D eigenvalue weighted by atomic mass is 10.2. The van der Waals surface area contributed by atoms with Crippen molar-refractivity contribution in [2.24, 2.45) is 0 Å². The van der Waals surface area contributed by atoms with Crippen molar-refractivity contribution in [2.75, 3.05) is 6.61 Å². The lowest BCUT2D eigenvalue weighted by Crippen LogP contribution is -2.06. The van der Waals surface area contributed by atoms with Crippen LogP contribution in [0.2, 0.25) is 0 Å². The SMILES string of the molecule is Cc1noc(C)c1COc1ccc(C(=O)OCCCC#N)cc1. The number of ether oxygens (including phenoxy) is 2. The number of carbonyl (C=O) groups is 1. The molecule has 1 heterocycles. The molecule has 0 bridgehead atoms. The third-order valence-electron chi connectivity index (χ3n) is 3.32. The quantitative estimate of drug-likeness (QED) is 0.575. The largest absolute Gasteiger partial charge is 0.489 e. The fraction of sp³-hybridized carbons (Fsp3) is 0.353. The summed E-state index contributed by atoms with van der Waals surface area (Å²) in [6.07, 6.45) is 0.919. The standard InChI is InChI=1S/C17H18N2O4/c1-12-16(13(2)23-19-12)11-22-15-7-5-14(6-8-15)17(20)21-10-4-3-9-18/h5-8H,3-4,10-11H2,1-2H3. The van der Waals surface area contributed by atoms with Gasteiger partial charge in [0.15, 0.2) is 0 Å². The van der Waals surface area contributed by atoms with Crippen LogP contribution in [0.3, 0.4) is 0 Å². The Hall–Kier alpha value is -2.81. The van der Waals surface area contributed by atoms with Crippen molar-refractivity contribution in [1.82, 2.24) is 5.16 Å². The first-order valence-corrected chi connectivity index (χ1v) is 7.30. The summed E-state index contributed by atoms with van der Waals surface area (Å²) in [5.74, 6) is 0.978. The molecule has 0 unspecified atom stereocenters. The van der Waals surface area contributed by atoms with Crippen LogP contribution in [0.15, 0.2) is 28.8 Å². The minimum atomic E-state index is -0.403. The van der Waals surface area contributed by atoms with Crippen LogP contribution in [-0.4, -0.2) is 17.7 Å². The van der Waals surface area contributed by atoms with Crippen molar-refractivity contribution in [2.45, 2.75) is 33.3 Å². The number of aromatic nitrogens is 1. The highest BCUT2D eigenvalue weighted by molar-refractivity contribution is 5.89. The van der Waals surface area contributed by atoms with Gasteiger partial charge in [-0.25, -0.2) is 4.79 Å². The molecule has 0 aliphatic heterocycles. The maximum absolute atomic E-state index is 11.8. The van der Waals surface area contributed by atoms with Crippen LogP contribution in [0.1, 0.15) is 40.2 Å². The van der Waals surface area contributed by atoms with Gasteiger partial charge in [0, 0.05) is 6.42 Å². The molecule has 23 heavy (non-hydrogen) atoms. The molecule has 2 rings (SSSR count). The summed E-state index contributed by atoms with van der Waals surface area (Å²) in [4.78, 5) is 11.8. The number of unbranched alkanes of at least 4 members (excludes halogenated alkanes) is 1. The average Bonchev–Trinajstić information content (AvgIpc) is 2.88. The number of rotatable bonds is 7. The van der Waals surface area contributed by atoms with E-state index in [2.05, 4.69) is 5.16 Å². The Kier molecular flexibility index (Phi) is 5.75. The number of nitriles is 1. The van der Waals surface area contributed by atoms with Crippen molar-refractivity contribution in [3.8, 4) is 11.8 Å². The minimum absolute atomic E-state index is 0.247. The molecule has 0 radical (unpaired) electrons. The topological polar surface area (TPSA) is 85.3 Å². The average molecular weight is 314 g/mol.